The van der Waals surface area contributed by atoms with Crippen LogP contribution in [0, 0.1) is 31.6 Å². The highest BCUT2D eigenvalue weighted by atomic mass is 31.2. The van der Waals surface area contributed by atoms with Crippen LogP contribution >= 0.6 is 7.82 Å². The molecule has 2 amide bonds. The van der Waals surface area contributed by atoms with Crippen LogP contribution in [-0.4, -0.2) is 49.4 Å². The maximum atomic E-state index is 13.8. The molecule has 3 aromatic rings. The maximum absolute atomic E-state index is 13.8. The van der Waals surface area contributed by atoms with Crippen molar-refractivity contribution < 1.29 is 28.1 Å². The Kier molecular flexibility index (Phi) is 8.71. The summed E-state index contributed by atoms with van der Waals surface area (Å²) in [7, 11) is -3.04. The van der Waals surface area contributed by atoms with Gasteiger partial charge in [0.25, 0.3) is 5.91 Å². The Morgan fingerprint density at radius 3 is 2.31 bits per heavy atom. The first-order chi connectivity index (χ1) is 20.0. The van der Waals surface area contributed by atoms with Gasteiger partial charge in [0.15, 0.2) is 6.73 Å². The van der Waals surface area contributed by atoms with Crippen LogP contribution in [0.15, 0.2) is 36.5 Å². The standard InChI is InChI=1S/C29H39N6O6P/c1-17(2)35-24(14-15-30-35)28(36)32-27(26(21-6-7-21)22-8-9-22)29(37)31-23-12-10-20(11-13-23)25-18(3)33-34(19(25)4)16-41-42(38,39)40-5/h10-15,17,21-22,26-27H,6-9,16H2,1-5H3,(H,31,37)(H,32,36)(H,38,39). The van der Waals surface area contributed by atoms with Crippen LogP contribution in [0.25, 0.3) is 11.1 Å². The molecular weight excluding hydrogens is 559 g/mol. The number of hydrogen-bond acceptors (Lipinski definition) is 7. The van der Waals surface area contributed by atoms with Gasteiger partial charge in [0, 0.05) is 36.3 Å². The molecule has 1 aromatic carbocycles. The summed E-state index contributed by atoms with van der Waals surface area (Å²) in [5.74, 6) is 0.480. The molecule has 12 nitrogen and oxygen atoms in total. The molecule has 2 saturated carbocycles. The van der Waals surface area contributed by atoms with Gasteiger partial charge in [0.1, 0.15) is 11.7 Å². The van der Waals surface area contributed by atoms with E-state index in [-0.39, 0.29) is 30.5 Å². The van der Waals surface area contributed by atoms with E-state index in [9.17, 15) is 19.0 Å². The largest absolute Gasteiger partial charge is 0.473 e. The molecule has 2 unspecified atom stereocenters. The predicted octanol–water partition coefficient (Wildman–Crippen LogP) is 4.84. The molecule has 0 radical (unpaired) electrons. The lowest BCUT2D eigenvalue weighted by atomic mass is 9.88. The molecule has 2 aliphatic rings. The molecule has 42 heavy (non-hydrogen) atoms. The summed E-state index contributed by atoms with van der Waals surface area (Å²) in [5.41, 5.74) is 4.26. The highest BCUT2D eigenvalue weighted by molar-refractivity contribution is 7.47. The van der Waals surface area contributed by atoms with Crippen molar-refractivity contribution in [2.24, 2.45) is 17.8 Å². The molecule has 2 aromatic heterocycles. The molecule has 2 heterocycles. The average molecular weight is 599 g/mol. The van der Waals surface area contributed by atoms with E-state index >= 15 is 0 Å². The minimum Gasteiger partial charge on any atom is -0.339 e. The molecule has 226 valence electrons. The summed E-state index contributed by atoms with van der Waals surface area (Å²) in [6.45, 7) is 7.38. The second-order valence-corrected chi connectivity index (χ2v) is 13.0. The van der Waals surface area contributed by atoms with Crippen molar-refractivity contribution >= 4 is 25.3 Å². The van der Waals surface area contributed by atoms with E-state index in [1.165, 1.54) is 4.68 Å². The van der Waals surface area contributed by atoms with Crippen molar-refractivity contribution in [3.63, 3.8) is 0 Å². The number of amides is 2. The van der Waals surface area contributed by atoms with Gasteiger partial charge in [-0.05, 0) is 94.9 Å². The van der Waals surface area contributed by atoms with E-state index < -0.39 is 13.9 Å². The number of aromatic nitrogens is 4. The average Bonchev–Trinajstić information content (AvgIpc) is 3.89. The Hall–Kier alpha value is -3.31. The van der Waals surface area contributed by atoms with E-state index in [1.54, 1.807) is 16.9 Å². The first-order valence-corrected chi connectivity index (χ1v) is 15.8. The monoisotopic (exact) mass is 598 g/mol. The fourth-order valence-electron chi connectivity index (χ4n) is 5.71. The summed E-state index contributed by atoms with van der Waals surface area (Å²) in [5, 5.41) is 14.8. The van der Waals surface area contributed by atoms with Gasteiger partial charge in [0.05, 0.1) is 5.69 Å². The molecule has 0 spiro atoms. The van der Waals surface area contributed by atoms with Gasteiger partial charge in [-0.1, -0.05) is 12.1 Å². The van der Waals surface area contributed by atoms with Crippen LogP contribution in [0.3, 0.4) is 0 Å². The van der Waals surface area contributed by atoms with E-state index in [0.717, 1.165) is 55.3 Å². The van der Waals surface area contributed by atoms with Crippen LogP contribution < -0.4 is 10.6 Å². The third kappa shape index (κ3) is 6.67. The van der Waals surface area contributed by atoms with Crippen LogP contribution in [0.5, 0.6) is 0 Å². The molecule has 0 bridgehead atoms. The first-order valence-electron chi connectivity index (χ1n) is 14.3. The summed E-state index contributed by atoms with van der Waals surface area (Å²) in [6, 6.07) is 8.47. The predicted molar refractivity (Wildman–Crippen MR) is 156 cm³/mol. The van der Waals surface area contributed by atoms with Gasteiger partial charge in [-0.15, -0.1) is 0 Å². The van der Waals surface area contributed by atoms with Crippen LogP contribution in [0.2, 0.25) is 0 Å². The zero-order chi connectivity index (χ0) is 30.2. The summed E-state index contributed by atoms with van der Waals surface area (Å²) < 4.78 is 24.3. The number of carbonyl (C=O) groups is 2. The number of nitrogens with one attached hydrogen (secondary N) is 2. The SMILES string of the molecule is COP(=O)(O)OCn1nc(C)c(-c2ccc(NC(=O)C(NC(=O)c3ccnn3C(C)C)C(C3CC3)C3CC3)cc2)c1C. The van der Waals surface area contributed by atoms with Crippen molar-refractivity contribution in [2.45, 2.75) is 72.2 Å². The summed E-state index contributed by atoms with van der Waals surface area (Å²) in [4.78, 5) is 36.7. The van der Waals surface area contributed by atoms with Crippen molar-refractivity contribution in [1.82, 2.24) is 24.9 Å². The smallest absolute Gasteiger partial charge is 0.339 e. The Morgan fingerprint density at radius 2 is 1.74 bits per heavy atom. The van der Waals surface area contributed by atoms with Gasteiger partial charge in [0.2, 0.25) is 5.91 Å². The lowest BCUT2D eigenvalue weighted by molar-refractivity contribution is -0.119. The fourth-order valence-corrected chi connectivity index (χ4v) is 6.07. The van der Waals surface area contributed by atoms with Crippen LogP contribution in [0.1, 0.15) is 67.4 Å². The van der Waals surface area contributed by atoms with Crippen molar-refractivity contribution in [2.75, 3.05) is 12.4 Å². The highest BCUT2D eigenvalue weighted by Crippen LogP contribution is 2.51. The minimum absolute atomic E-state index is 0.0165. The minimum atomic E-state index is -4.14. The Morgan fingerprint density at radius 1 is 1.10 bits per heavy atom. The van der Waals surface area contributed by atoms with E-state index in [0.29, 0.717) is 23.2 Å². The zero-order valence-corrected chi connectivity index (χ0v) is 25.5. The van der Waals surface area contributed by atoms with Crippen molar-refractivity contribution in [1.29, 1.82) is 0 Å². The maximum Gasteiger partial charge on any atom is 0.473 e. The molecular formula is C29H39N6O6P. The zero-order valence-electron chi connectivity index (χ0n) is 24.6. The fraction of sp³-hybridized carbons (Fsp3) is 0.517. The number of phosphoric ester groups is 1. The van der Waals surface area contributed by atoms with Crippen molar-refractivity contribution in [3.05, 3.63) is 53.6 Å². The van der Waals surface area contributed by atoms with Gasteiger partial charge in [-0.25, -0.2) is 9.25 Å². The third-order valence-electron chi connectivity index (χ3n) is 8.08. The van der Waals surface area contributed by atoms with E-state index in [4.69, 9.17) is 4.52 Å². The van der Waals surface area contributed by atoms with Crippen LogP contribution in [0.4, 0.5) is 5.69 Å². The molecule has 13 heteroatoms. The Bertz CT molecular complexity index is 1480. The topological polar surface area (TPSA) is 150 Å². The molecule has 0 aliphatic heterocycles. The molecule has 2 aliphatic carbocycles. The summed E-state index contributed by atoms with van der Waals surface area (Å²) >= 11 is 0. The number of hydrogen-bond donors (Lipinski definition) is 3. The number of aryl methyl sites for hydroxylation is 1. The Labute approximate surface area is 245 Å². The van der Waals surface area contributed by atoms with Crippen LogP contribution in [-0.2, 0) is 25.1 Å². The van der Waals surface area contributed by atoms with Gasteiger partial charge < -0.3 is 15.5 Å². The highest BCUT2D eigenvalue weighted by Gasteiger charge is 2.48. The first kappa shape index (κ1) is 30.2. The number of anilines is 1. The molecule has 3 N–H and O–H groups in total. The molecule has 0 saturated heterocycles. The number of nitrogens with zero attached hydrogens (tertiary/aromatic N) is 4. The molecule has 2 atom stereocenters. The summed E-state index contributed by atoms with van der Waals surface area (Å²) in [6.07, 6.45) is 5.93. The van der Waals surface area contributed by atoms with Gasteiger partial charge in [-0.3, -0.25) is 23.3 Å². The van der Waals surface area contributed by atoms with E-state index in [2.05, 4.69) is 25.4 Å². The van der Waals surface area contributed by atoms with Gasteiger partial charge in [-0.2, -0.15) is 10.2 Å². The normalized spacial score (nSPS) is 17.3. The Balaban J connectivity index is 1.32. The number of rotatable bonds is 13. The van der Waals surface area contributed by atoms with Crippen molar-refractivity contribution in [3.8, 4) is 11.1 Å². The lowest BCUT2D eigenvalue weighted by Crippen LogP contribution is -2.50. The number of benzene rings is 1. The lowest BCUT2D eigenvalue weighted by Gasteiger charge is -2.28. The number of phosphoric acid groups is 1. The molecule has 2 fully saturated rings. The quantitative estimate of drug-likeness (QED) is 0.237. The second kappa shape index (κ2) is 12.1. The third-order valence-corrected chi connectivity index (χ3v) is 8.98. The number of carbonyl (C=O) groups excluding carboxylic acids is 2. The second-order valence-electron chi connectivity index (χ2n) is 11.5. The van der Waals surface area contributed by atoms with Gasteiger partial charge >= 0.3 is 7.82 Å². The molecule has 5 rings (SSSR count). The van der Waals surface area contributed by atoms with E-state index in [1.807, 2.05) is 52.0 Å².